The minimum atomic E-state index is -0.0405. The van der Waals surface area contributed by atoms with E-state index in [9.17, 15) is 9.59 Å². The molecule has 0 aromatic carbocycles. The van der Waals surface area contributed by atoms with Crippen LogP contribution in [0, 0.1) is 13.8 Å². The lowest BCUT2D eigenvalue weighted by atomic mass is 10.2. The lowest BCUT2D eigenvalue weighted by molar-refractivity contribution is -0.132. The lowest BCUT2D eigenvalue weighted by Gasteiger charge is -2.34. The molecule has 1 aliphatic rings. The van der Waals surface area contributed by atoms with Gasteiger partial charge in [0.15, 0.2) is 5.82 Å². The third-order valence-electron chi connectivity index (χ3n) is 4.82. The molecule has 4 heterocycles. The highest BCUT2D eigenvalue weighted by Gasteiger charge is 2.25. The molecule has 0 saturated carbocycles. The molecule has 0 atom stereocenters. The highest BCUT2D eigenvalue weighted by atomic mass is 16.2. The van der Waals surface area contributed by atoms with Crippen LogP contribution in [0.15, 0.2) is 30.6 Å². The number of nitrogens with zero attached hydrogens (tertiary/aromatic N) is 7. The molecule has 0 bridgehead atoms. The van der Waals surface area contributed by atoms with Gasteiger partial charge >= 0.3 is 0 Å². The fourth-order valence-corrected chi connectivity index (χ4v) is 3.37. The number of hydrogen-bond donors (Lipinski definition) is 0. The van der Waals surface area contributed by atoms with Gasteiger partial charge < -0.3 is 9.80 Å². The van der Waals surface area contributed by atoms with E-state index in [0.29, 0.717) is 43.3 Å². The Morgan fingerprint density at radius 1 is 1.00 bits per heavy atom. The van der Waals surface area contributed by atoms with Gasteiger partial charge in [0.2, 0.25) is 5.91 Å². The molecule has 0 spiro atoms. The largest absolute Gasteiger partial charge is 0.339 e. The van der Waals surface area contributed by atoms with Crippen LogP contribution in [0.4, 0.5) is 0 Å². The minimum absolute atomic E-state index is 0.0339. The lowest BCUT2D eigenvalue weighted by Crippen LogP contribution is -2.51. The summed E-state index contributed by atoms with van der Waals surface area (Å²) in [6.07, 6.45) is 3.33. The monoisotopic (exact) mass is 379 g/mol. The van der Waals surface area contributed by atoms with Crippen LogP contribution in [-0.2, 0) is 11.2 Å². The Balaban J connectivity index is 1.38. The van der Waals surface area contributed by atoms with Crippen LogP contribution in [-0.4, -0.2) is 72.4 Å². The Labute approximate surface area is 162 Å². The predicted octanol–water partition coefficient (Wildman–Crippen LogP) is 0.663. The van der Waals surface area contributed by atoms with Crippen molar-refractivity contribution in [3.63, 3.8) is 0 Å². The van der Waals surface area contributed by atoms with E-state index < -0.39 is 0 Å². The maximum Gasteiger partial charge on any atom is 0.254 e. The van der Waals surface area contributed by atoms with E-state index >= 15 is 0 Å². The van der Waals surface area contributed by atoms with Gasteiger partial charge in [-0.05, 0) is 32.0 Å². The number of amides is 2. The molecule has 3 aromatic rings. The topological polar surface area (TPSA) is 96.6 Å². The van der Waals surface area contributed by atoms with Gasteiger partial charge in [-0.2, -0.15) is 4.98 Å². The van der Waals surface area contributed by atoms with Crippen LogP contribution < -0.4 is 0 Å². The predicted molar refractivity (Wildman–Crippen MR) is 101 cm³/mol. The van der Waals surface area contributed by atoms with E-state index in [1.165, 1.54) is 0 Å². The first-order valence-corrected chi connectivity index (χ1v) is 9.18. The molecule has 1 aliphatic heterocycles. The molecular formula is C19H21N7O2. The number of hydrogen-bond acceptors (Lipinski definition) is 6. The number of aromatic nitrogens is 5. The molecule has 28 heavy (non-hydrogen) atoms. The zero-order chi connectivity index (χ0) is 19.7. The van der Waals surface area contributed by atoms with Gasteiger partial charge in [0, 0.05) is 55.5 Å². The first-order chi connectivity index (χ1) is 13.5. The van der Waals surface area contributed by atoms with E-state index in [2.05, 4.69) is 20.1 Å². The molecule has 0 aliphatic carbocycles. The van der Waals surface area contributed by atoms with Crippen molar-refractivity contribution in [2.24, 2.45) is 0 Å². The average Bonchev–Trinajstić information content (AvgIpc) is 3.11. The minimum Gasteiger partial charge on any atom is -0.339 e. The summed E-state index contributed by atoms with van der Waals surface area (Å²) in [5, 5.41) is 4.40. The smallest absolute Gasteiger partial charge is 0.254 e. The van der Waals surface area contributed by atoms with Crippen molar-refractivity contribution in [3.05, 3.63) is 53.4 Å². The first-order valence-electron chi connectivity index (χ1n) is 9.18. The SMILES string of the molecule is Cc1cc(C)n2nc(CC(=O)N3CCN(C(=O)c4ccncc4)CC3)nc2n1. The fourth-order valence-electron chi connectivity index (χ4n) is 3.37. The summed E-state index contributed by atoms with van der Waals surface area (Å²) in [6, 6.07) is 5.33. The van der Waals surface area contributed by atoms with Crippen LogP contribution in [0.5, 0.6) is 0 Å². The highest BCUT2D eigenvalue weighted by molar-refractivity contribution is 5.94. The molecule has 0 radical (unpaired) electrons. The molecular weight excluding hydrogens is 358 g/mol. The Bertz CT molecular complexity index is 1020. The zero-order valence-electron chi connectivity index (χ0n) is 15.9. The van der Waals surface area contributed by atoms with Crippen molar-refractivity contribution in [3.8, 4) is 0 Å². The summed E-state index contributed by atoms with van der Waals surface area (Å²) in [7, 11) is 0. The fraction of sp³-hybridized carbons (Fsp3) is 0.368. The number of fused-ring (bicyclic) bond motifs is 1. The van der Waals surface area contributed by atoms with Crippen LogP contribution in [0.1, 0.15) is 27.6 Å². The zero-order valence-corrected chi connectivity index (χ0v) is 15.9. The van der Waals surface area contributed by atoms with Crippen molar-refractivity contribution in [2.75, 3.05) is 26.2 Å². The van der Waals surface area contributed by atoms with Gasteiger partial charge in [-0.25, -0.2) is 9.50 Å². The Morgan fingerprint density at radius 3 is 2.39 bits per heavy atom. The third kappa shape index (κ3) is 3.55. The molecule has 3 aromatic heterocycles. The maximum absolute atomic E-state index is 12.6. The van der Waals surface area contributed by atoms with Gasteiger partial charge in [0.05, 0.1) is 6.42 Å². The van der Waals surface area contributed by atoms with E-state index in [1.807, 2.05) is 19.9 Å². The van der Waals surface area contributed by atoms with Crippen LogP contribution in [0.25, 0.3) is 5.78 Å². The average molecular weight is 379 g/mol. The molecule has 2 amide bonds. The summed E-state index contributed by atoms with van der Waals surface area (Å²) in [5.41, 5.74) is 2.41. The van der Waals surface area contributed by atoms with E-state index in [-0.39, 0.29) is 18.2 Å². The van der Waals surface area contributed by atoms with Crippen molar-refractivity contribution in [2.45, 2.75) is 20.3 Å². The maximum atomic E-state index is 12.6. The number of piperazine rings is 1. The van der Waals surface area contributed by atoms with Crippen LogP contribution in [0.2, 0.25) is 0 Å². The molecule has 0 unspecified atom stereocenters. The third-order valence-corrected chi connectivity index (χ3v) is 4.82. The second-order valence-corrected chi connectivity index (χ2v) is 6.86. The number of aryl methyl sites for hydroxylation is 2. The highest BCUT2D eigenvalue weighted by Crippen LogP contribution is 2.11. The van der Waals surface area contributed by atoms with E-state index in [0.717, 1.165) is 11.4 Å². The molecule has 1 saturated heterocycles. The molecule has 1 fully saturated rings. The van der Waals surface area contributed by atoms with Gasteiger partial charge in [-0.3, -0.25) is 14.6 Å². The Hall–Kier alpha value is -3.36. The second-order valence-electron chi connectivity index (χ2n) is 6.86. The molecule has 144 valence electrons. The second kappa shape index (κ2) is 7.34. The van der Waals surface area contributed by atoms with E-state index in [1.54, 1.807) is 38.8 Å². The van der Waals surface area contributed by atoms with Gasteiger partial charge in [0.1, 0.15) is 0 Å². The summed E-state index contributed by atoms with van der Waals surface area (Å²) in [5.74, 6) is 0.893. The number of carbonyl (C=O) groups excluding carboxylic acids is 2. The summed E-state index contributed by atoms with van der Waals surface area (Å²) < 4.78 is 1.65. The van der Waals surface area contributed by atoms with Crippen molar-refractivity contribution in [1.82, 2.24) is 34.4 Å². The summed E-state index contributed by atoms with van der Waals surface area (Å²) in [4.78, 5) is 41.3. The van der Waals surface area contributed by atoms with Gasteiger partial charge in [-0.1, -0.05) is 0 Å². The number of rotatable bonds is 3. The summed E-state index contributed by atoms with van der Waals surface area (Å²) >= 11 is 0. The molecule has 0 N–H and O–H groups in total. The summed E-state index contributed by atoms with van der Waals surface area (Å²) in [6.45, 7) is 5.84. The van der Waals surface area contributed by atoms with Gasteiger partial charge in [-0.15, -0.1) is 5.10 Å². The first kappa shape index (κ1) is 18.0. The van der Waals surface area contributed by atoms with Gasteiger partial charge in [0.25, 0.3) is 11.7 Å². The molecule has 9 heteroatoms. The number of carbonyl (C=O) groups is 2. The van der Waals surface area contributed by atoms with Crippen molar-refractivity contribution < 1.29 is 9.59 Å². The molecule has 9 nitrogen and oxygen atoms in total. The van der Waals surface area contributed by atoms with Crippen LogP contribution in [0.3, 0.4) is 0 Å². The standard InChI is InChI=1S/C19H21N7O2/c1-13-11-14(2)26-19(21-13)22-16(23-26)12-17(27)24-7-9-25(10-8-24)18(28)15-3-5-20-6-4-15/h3-6,11H,7-10,12H2,1-2H3. The Morgan fingerprint density at radius 2 is 1.68 bits per heavy atom. The quantitative estimate of drug-likeness (QED) is 0.663. The molecule has 4 rings (SSSR count). The van der Waals surface area contributed by atoms with Crippen LogP contribution >= 0.6 is 0 Å². The normalized spacial score (nSPS) is 14.5. The number of pyridine rings is 1. The van der Waals surface area contributed by atoms with Crippen molar-refractivity contribution in [1.29, 1.82) is 0 Å². The van der Waals surface area contributed by atoms with Crippen molar-refractivity contribution >= 4 is 17.6 Å². The van der Waals surface area contributed by atoms with E-state index in [4.69, 9.17) is 0 Å². The Kier molecular flexibility index (Phi) is 4.72.